The molecule has 0 atom stereocenters. The Bertz CT molecular complexity index is 1100. The van der Waals surface area contributed by atoms with Crippen LogP contribution in [0.3, 0.4) is 0 Å². The molecule has 1 heterocycles. The van der Waals surface area contributed by atoms with E-state index in [2.05, 4.69) is 5.10 Å². The minimum absolute atomic E-state index is 0. The van der Waals surface area contributed by atoms with Crippen molar-refractivity contribution in [2.24, 2.45) is 0 Å². The Morgan fingerprint density at radius 1 is 0.900 bits per heavy atom. The molecule has 0 saturated carbocycles. The second kappa shape index (κ2) is 8.13. The molecule has 0 radical (unpaired) electrons. The number of hydrogen-bond acceptors (Lipinski definition) is 3. The number of hydrogen-bond donors (Lipinski definition) is 1. The molecule has 13 heteroatoms. The van der Waals surface area contributed by atoms with Gasteiger partial charge in [0.1, 0.15) is 22.9 Å². The van der Waals surface area contributed by atoms with Crippen molar-refractivity contribution in [2.75, 3.05) is 0 Å². The number of aromatic hydroxyl groups is 1. The predicted octanol–water partition coefficient (Wildman–Crippen LogP) is 4.68. The molecule has 0 amide bonds. The van der Waals surface area contributed by atoms with Crippen LogP contribution in [0.2, 0.25) is 0 Å². The maximum Gasteiger partial charge on any atom is 0.455 e. The van der Waals surface area contributed by atoms with Gasteiger partial charge in [0.15, 0.2) is 17.5 Å². The van der Waals surface area contributed by atoms with Crippen LogP contribution < -0.4 is 0 Å². The van der Waals surface area contributed by atoms with Crippen LogP contribution in [0, 0.1) is 29.1 Å². The van der Waals surface area contributed by atoms with Crippen molar-refractivity contribution < 1.29 is 64.5 Å². The van der Waals surface area contributed by atoms with Gasteiger partial charge in [0.05, 0.1) is 5.69 Å². The van der Waals surface area contributed by atoms with Gasteiger partial charge in [-0.2, -0.15) is 23.0 Å². The second-order valence-corrected chi connectivity index (χ2v) is 5.67. The first kappa shape index (κ1) is 23.5. The summed E-state index contributed by atoms with van der Waals surface area (Å²) in [5.74, 6) is -12.1. The average Bonchev–Trinajstić information content (AvgIpc) is 2.94. The predicted molar refractivity (Wildman–Crippen MR) is 80.8 cm³/mol. The molecule has 0 fully saturated rings. The van der Waals surface area contributed by atoms with Crippen molar-refractivity contribution in [3.05, 3.63) is 65.0 Å². The molecule has 0 spiro atoms. The number of carbonyl (C=O) groups excluding carboxylic acids is 1. The zero-order valence-corrected chi connectivity index (χ0v) is 17.3. The van der Waals surface area contributed by atoms with Crippen LogP contribution in [-0.4, -0.2) is 26.8 Å². The number of aromatic nitrogens is 2. The van der Waals surface area contributed by atoms with Gasteiger partial charge in [0.2, 0.25) is 5.88 Å². The van der Waals surface area contributed by atoms with E-state index in [1.807, 2.05) is 0 Å². The van der Waals surface area contributed by atoms with Crippen molar-refractivity contribution in [2.45, 2.75) is 6.18 Å². The fourth-order valence-corrected chi connectivity index (χ4v) is 2.50. The Morgan fingerprint density at radius 3 is 1.87 bits per heavy atom. The summed E-state index contributed by atoms with van der Waals surface area (Å²) in [6, 6.07) is 2.02. The number of nitrogens with zero attached hydrogens (tertiary/aromatic N) is 2. The first-order chi connectivity index (χ1) is 13.4. The molecule has 3 aromatic rings. The number of alkyl halides is 3. The van der Waals surface area contributed by atoms with E-state index in [1.165, 1.54) is 0 Å². The van der Waals surface area contributed by atoms with Crippen LogP contribution in [0.1, 0.15) is 10.4 Å². The van der Waals surface area contributed by atoms with E-state index in [0.29, 0.717) is 18.2 Å². The number of carbonyl (C=O) groups is 1. The summed E-state index contributed by atoms with van der Waals surface area (Å²) in [4.78, 5) is 11.7. The minimum atomic E-state index is -5.55. The van der Waals surface area contributed by atoms with E-state index >= 15 is 0 Å². The third-order valence-corrected chi connectivity index (χ3v) is 3.69. The molecule has 0 aliphatic carbocycles. The van der Waals surface area contributed by atoms with Crippen molar-refractivity contribution in [1.29, 1.82) is 0 Å². The maximum atomic E-state index is 13.5. The summed E-state index contributed by atoms with van der Waals surface area (Å²) in [6.45, 7) is 0. The second-order valence-electron chi connectivity index (χ2n) is 5.67. The van der Waals surface area contributed by atoms with Gasteiger partial charge in [0.25, 0.3) is 5.78 Å². The van der Waals surface area contributed by atoms with E-state index < -0.39 is 69.4 Å². The SMILES string of the molecule is O=C(c1c(-c2cc(F)c(F)c(F)c2)nn(-c2cc(F)cc(F)c2)c1O)C(F)(F)F.[Zn]. The molecule has 0 aliphatic rings. The van der Waals surface area contributed by atoms with Crippen molar-refractivity contribution >= 4 is 5.78 Å². The third kappa shape index (κ3) is 4.20. The number of benzene rings is 2. The summed E-state index contributed by atoms with van der Waals surface area (Å²) in [5.41, 5.74) is -4.11. The quantitative estimate of drug-likeness (QED) is 0.253. The van der Waals surface area contributed by atoms with Crippen LogP contribution in [0.15, 0.2) is 30.3 Å². The Kier molecular flexibility index (Phi) is 6.36. The van der Waals surface area contributed by atoms with Crippen LogP contribution in [0.4, 0.5) is 35.1 Å². The molecule has 0 saturated heterocycles. The Balaban J connectivity index is 0.00000320. The fraction of sp³-hybridized carbons (Fsp3) is 0.0588. The van der Waals surface area contributed by atoms with Crippen molar-refractivity contribution in [1.82, 2.24) is 9.78 Å². The molecule has 3 rings (SSSR count). The molecule has 0 aliphatic heterocycles. The monoisotopic (exact) mass is 486 g/mol. The molecule has 1 aromatic heterocycles. The molecule has 0 unspecified atom stereocenters. The van der Waals surface area contributed by atoms with Gasteiger partial charge in [-0.3, -0.25) is 4.79 Å². The Hall–Kier alpha value is -2.82. The molecule has 30 heavy (non-hydrogen) atoms. The van der Waals surface area contributed by atoms with Crippen molar-refractivity contribution in [3.63, 3.8) is 0 Å². The Labute approximate surface area is 174 Å². The molecular weight excluding hydrogens is 482 g/mol. The van der Waals surface area contributed by atoms with Gasteiger partial charge >= 0.3 is 6.18 Å². The van der Waals surface area contributed by atoms with Gasteiger partial charge in [-0.25, -0.2) is 22.0 Å². The zero-order valence-electron chi connectivity index (χ0n) is 14.4. The molecule has 2 aromatic carbocycles. The number of halogens is 8. The van der Waals surface area contributed by atoms with E-state index in [4.69, 9.17) is 0 Å². The number of ketones is 1. The minimum Gasteiger partial charge on any atom is -0.493 e. The van der Waals surface area contributed by atoms with Crippen LogP contribution in [0.25, 0.3) is 16.9 Å². The molecular formula is C17H6F8N2O2Zn. The standard InChI is InChI=1S/C17H6F8N2O2.Zn/c18-7-3-8(19)5-9(4-7)27-16(29)12(15(28)17(23,24)25)14(26-27)6-1-10(20)13(22)11(21)2-6;/h1-5,29H;. The summed E-state index contributed by atoms with van der Waals surface area (Å²) in [5, 5.41) is 13.5. The van der Waals surface area contributed by atoms with Gasteiger partial charge < -0.3 is 5.11 Å². The molecule has 4 nitrogen and oxygen atoms in total. The van der Waals surface area contributed by atoms with Gasteiger partial charge in [-0.05, 0) is 24.3 Å². The normalized spacial score (nSPS) is 11.3. The summed E-state index contributed by atoms with van der Waals surface area (Å²) in [7, 11) is 0. The fourth-order valence-electron chi connectivity index (χ4n) is 2.50. The van der Waals surface area contributed by atoms with E-state index in [-0.39, 0.29) is 36.3 Å². The summed E-state index contributed by atoms with van der Waals surface area (Å²) < 4.78 is 106. The van der Waals surface area contributed by atoms with Gasteiger partial charge in [0, 0.05) is 31.1 Å². The first-order valence-electron chi connectivity index (χ1n) is 7.45. The first-order valence-corrected chi connectivity index (χ1v) is 7.45. The molecule has 154 valence electrons. The van der Waals surface area contributed by atoms with Crippen LogP contribution >= 0.6 is 0 Å². The zero-order chi connectivity index (χ0) is 21.7. The molecule has 1 N–H and O–H groups in total. The third-order valence-electron chi connectivity index (χ3n) is 3.69. The number of rotatable bonds is 3. The van der Waals surface area contributed by atoms with Crippen molar-refractivity contribution in [3.8, 4) is 22.8 Å². The molecule has 0 bridgehead atoms. The van der Waals surface area contributed by atoms with Gasteiger partial charge in [-0.15, -0.1) is 0 Å². The van der Waals surface area contributed by atoms with Crippen LogP contribution in [-0.2, 0) is 19.5 Å². The topological polar surface area (TPSA) is 55.1 Å². The van der Waals surface area contributed by atoms with E-state index in [0.717, 1.165) is 0 Å². The largest absolute Gasteiger partial charge is 0.493 e. The number of Topliss-reactive ketones (excluding diaryl/α,β-unsaturated/α-hetero) is 1. The van der Waals surface area contributed by atoms with Crippen LogP contribution in [0.5, 0.6) is 5.88 Å². The average molecular weight is 488 g/mol. The maximum absolute atomic E-state index is 13.5. The summed E-state index contributed by atoms with van der Waals surface area (Å²) in [6.07, 6.45) is -5.55. The smallest absolute Gasteiger partial charge is 0.455 e. The van der Waals surface area contributed by atoms with Gasteiger partial charge in [-0.1, -0.05) is 0 Å². The van der Waals surface area contributed by atoms with E-state index in [1.54, 1.807) is 0 Å². The Morgan fingerprint density at radius 2 is 1.40 bits per heavy atom. The van der Waals surface area contributed by atoms with E-state index in [9.17, 15) is 45.0 Å². The summed E-state index contributed by atoms with van der Waals surface area (Å²) >= 11 is 0.